The van der Waals surface area contributed by atoms with Crippen molar-refractivity contribution in [2.24, 2.45) is 0 Å². The summed E-state index contributed by atoms with van der Waals surface area (Å²) in [6.45, 7) is 5.39. The summed E-state index contributed by atoms with van der Waals surface area (Å²) in [5.41, 5.74) is 1.12. The number of benzene rings is 2. The number of anilines is 1. The topological polar surface area (TPSA) is 64.6 Å². The van der Waals surface area contributed by atoms with E-state index in [1.165, 1.54) is 0 Å². The van der Waals surface area contributed by atoms with Gasteiger partial charge in [0.05, 0.1) is 15.7 Å². The van der Waals surface area contributed by atoms with E-state index < -0.39 is 18.5 Å². The van der Waals surface area contributed by atoms with E-state index in [0.717, 1.165) is 5.56 Å². The molecule has 0 aromatic heterocycles. The van der Waals surface area contributed by atoms with E-state index >= 15 is 0 Å². The van der Waals surface area contributed by atoms with Gasteiger partial charge in [-0.2, -0.15) is 0 Å². The minimum absolute atomic E-state index is 0.130. The Kier molecular flexibility index (Phi) is 7.11. The van der Waals surface area contributed by atoms with Crippen molar-refractivity contribution >= 4 is 40.8 Å². The van der Waals surface area contributed by atoms with E-state index in [4.69, 9.17) is 32.7 Å². The van der Waals surface area contributed by atoms with E-state index in [1.807, 2.05) is 18.2 Å². The second-order valence-electron chi connectivity index (χ2n) is 6.84. The van der Waals surface area contributed by atoms with E-state index in [0.29, 0.717) is 15.8 Å². The predicted molar refractivity (Wildman–Crippen MR) is 107 cm³/mol. The summed E-state index contributed by atoms with van der Waals surface area (Å²) in [5.74, 6) is -0.596. The standard InChI is InChI=1S/C20H21Cl2NO4/c1-20(2,3)13-7-4-5-10-16(13)26-12-18(25)27-11-17(24)23-19-14(21)8-6-9-15(19)22/h4-10H,11-12H2,1-3H3,(H,23,24). The average molecular weight is 410 g/mol. The maximum atomic E-state index is 11.9. The Bertz CT molecular complexity index is 811. The van der Waals surface area contributed by atoms with Gasteiger partial charge in [0, 0.05) is 0 Å². The van der Waals surface area contributed by atoms with Crippen molar-refractivity contribution in [2.45, 2.75) is 26.2 Å². The van der Waals surface area contributed by atoms with Crippen molar-refractivity contribution in [3.8, 4) is 5.75 Å². The van der Waals surface area contributed by atoms with Gasteiger partial charge >= 0.3 is 5.97 Å². The van der Waals surface area contributed by atoms with Crippen molar-refractivity contribution in [3.63, 3.8) is 0 Å². The van der Waals surface area contributed by atoms with Crippen molar-refractivity contribution in [1.29, 1.82) is 0 Å². The van der Waals surface area contributed by atoms with Crippen LogP contribution in [0.15, 0.2) is 42.5 Å². The van der Waals surface area contributed by atoms with Crippen LogP contribution in [-0.2, 0) is 19.7 Å². The van der Waals surface area contributed by atoms with Crippen LogP contribution >= 0.6 is 23.2 Å². The molecule has 144 valence electrons. The van der Waals surface area contributed by atoms with Gasteiger partial charge in [0.1, 0.15) is 5.75 Å². The molecule has 0 saturated heterocycles. The van der Waals surface area contributed by atoms with E-state index in [-0.39, 0.29) is 17.7 Å². The number of hydrogen-bond acceptors (Lipinski definition) is 4. The number of para-hydroxylation sites is 2. The van der Waals surface area contributed by atoms with Gasteiger partial charge in [0.25, 0.3) is 5.91 Å². The maximum Gasteiger partial charge on any atom is 0.344 e. The molecule has 1 amide bonds. The summed E-state index contributed by atoms with van der Waals surface area (Å²) in [4.78, 5) is 23.8. The van der Waals surface area contributed by atoms with Crippen LogP contribution in [0.2, 0.25) is 10.0 Å². The fraction of sp³-hybridized carbons (Fsp3) is 0.300. The highest BCUT2D eigenvalue weighted by atomic mass is 35.5. The van der Waals surface area contributed by atoms with Gasteiger partial charge in [-0.05, 0) is 29.2 Å². The van der Waals surface area contributed by atoms with Gasteiger partial charge in [-0.1, -0.05) is 68.2 Å². The number of nitrogens with one attached hydrogen (secondary N) is 1. The van der Waals surface area contributed by atoms with Crippen LogP contribution in [0.3, 0.4) is 0 Å². The van der Waals surface area contributed by atoms with Crippen molar-refractivity contribution in [1.82, 2.24) is 0 Å². The highest BCUT2D eigenvalue weighted by Gasteiger charge is 2.19. The first kappa shape index (κ1) is 21.1. The van der Waals surface area contributed by atoms with Gasteiger partial charge in [0.15, 0.2) is 13.2 Å². The third kappa shape index (κ3) is 6.15. The number of amides is 1. The van der Waals surface area contributed by atoms with Gasteiger partial charge < -0.3 is 14.8 Å². The molecule has 0 saturated carbocycles. The Labute approximate surface area is 168 Å². The lowest BCUT2D eigenvalue weighted by Gasteiger charge is -2.22. The molecular formula is C20H21Cl2NO4. The molecule has 2 aromatic rings. The summed E-state index contributed by atoms with van der Waals surface area (Å²) >= 11 is 12.0. The van der Waals surface area contributed by atoms with Gasteiger partial charge in [-0.3, -0.25) is 4.79 Å². The molecule has 2 rings (SSSR count). The molecule has 5 nitrogen and oxygen atoms in total. The van der Waals surface area contributed by atoms with Crippen molar-refractivity contribution in [3.05, 3.63) is 58.1 Å². The minimum Gasteiger partial charge on any atom is -0.482 e. The first-order valence-corrected chi connectivity index (χ1v) is 9.06. The van der Waals surface area contributed by atoms with Crippen molar-refractivity contribution in [2.75, 3.05) is 18.5 Å². The fourth-order valence-electron chi connectivity index (χ4n) is 2.33. The SMILES string of the molecule is CC(C)(C)c1ccccc1OCC(=O)OCC(=O)Nc1c(Cl)cccc1Cl. The largest absolute Gasteiger partial charge is 0.482 e. The molecule has 0 radical (unpaired) electrons. The number of halogens is 2. The fourth-order valence-corrected chi connectivity index (χ4v) is 2.82. The molecule has 27 heavy (non-hydrogen) atoms. The average Bonchev–Trinajstić information content (AvgIpc) is 2.61. The first-order chi connectivity index (χ1) is 12.7. The summed E-state index contributed by atoms with van der Waals surface area (Å²) in [7, 11) is 0. The molecule has 0 bridgehead atoms. The summed E-state index contributed by atoms with van der Waals surface area (Å²) in [5, 5.41) is 3.11. The number of hydrogen-bond donors (Lipinski definition) is 1. The number of ether oxygens (including phenoxy) is 2. The summed E-state index contributed by atoms with van der Waals surface area (Å²) in [6, 6.07) is 12.3. The lowest BCUT2D eigenvalue weighted by Crippen LogP contribution is -2.24. The molecule has 0 atom stereocenters. The molecular weight excluding hydrogens is 389 g/mol. The number of carbonyl (C=O) groups excluding carboxylic acids is 2. The highest BCUT2D eigenvalue weighted by Crippen LogP contribution is 2.31. The van der Waals surface area contributed by atoms with Crippen LogP contribution in [0.5, 0.6) is 5.75 Å². The summed E-state index contributed by atoms with van der Waals surface area (Å²) in [6.07, 6.45) is 0. The molecule has 0 aliphatic heterocycles. The third-order valence-electron chi connectivity index (χ3n) is 3.63. The van der Waals surface area contributed by atoms with Crippen LogP contribution in [0.25, 0.3) is 0 Å². The minimum atomic E-state index is -0.654. The number of rotatable bonds is 6. The van der Waals surface area contributed by atoms with E-state index in [2.05, 4.69) is 26.1 Å². The molecule has 0 unspecified atom stereocenters. The maximum absolute atomic E-state index is 11.9. The van der Waals surface area contributed by atoms with Crippen LogP contribution < -0.4 is 10.1 Å². The smallest absolute Gasteiger partial charge is 0.344 e. The second kappa shape index (κ2) is 9.11. The van der Waals surface area contributed by atoms with E-state index in [9.17, 15) is 9.59 Å². The zero-order valence-corrected chi connectivity index (χ0v) is 16.9. The molecule has 0 spiro atoms. The molecule has 1 N–H and O–H groups in total. The molecule has 7 heteroatoms. The zero-order chi connectivity index (χ0) is 20.0. The molecule has 0 fully saturated rings. The Morgan fingerprint density at radius 1 is 0.963 bits per heavy atom. The normalized spacial score (nSPS) is 11.0. The molecule has 0 aliphatic rings. The first-order valence-electron chi connectivity index (χ1n) is 8.30. The predicted octanol–water partition coefficient (Wildman–Crippen LogP) is 4.85. The molecule has 0 aliphatic carbocycles. The Morgan fingerprint density at radius 3 is 2.22 bits per heavy atom. The molecule has 0 heterocycles. The van der Waals surface area contributed by atoms with Gasteiger partial charge in [0.2, 0.25) is 0 Å². The van der Waals surface area contributed by atoms with Gasteiger partial charge in [-0.15, -0.1) is 0 Å². The Hall–Kier alpha value is -2.24. The quantitative estimate of drug-likeness (QED) is 0.692. The van der Waals surface area contributed by atoms with Crippen LogP contribution in [0.1, 0.15) is 26.3 Å². The van der Waals surface area contributed by atoms with Crippen molar-refractivity contribution < 1.29 is 19.1 Å². The Balaban J connectivity index is 1.86. The summed E-state index contributed by atoms with van der Waals surface area (Å²) < 4.78 is 10.5. The second-order valence-corrected chi connectivity index (χ2v) is 7.65. The number of esters is 1. The van der Waals surface area contributed by atoms with Crippen LogP contribution in [-0.4, -0.2) is 25.1 Å². The lowest BCUT2D eigenvalue weighted by molar-refractivity contribution is -0.149. The lowest BCUT2D eigenvalue weighted by atomic mass is 9.86. The molecule has 2 aromatic carbocycles. The van der Waals surface area contributed by atoms with Crippen LogP contribution in [0, 0.1) is 0 Å². The monoisotopic (exact) mass is 409 g/mol. The van der Waals surface area contributed by atoms with Gasteiger partial charge in [-0.25, -0.2) is 4.79 Å². The number of carbonyl (C=O) groups is 2. The third-order valence-corrected chi connectivity index (χ3v) is 4.26. The highest BCUT2D eigenvalue weighted by molar-refractivity contribution is 6.39. The zero-order valence-electron chi connectivity index (χ0n) is 15.3. The Morgan fingerprint density at radius 2 is 1.59 bits per heavy atom. The van der Waals surface area contributed by atoms with Crippen LogP contribution in [0.4, 0.5) is 5.69 Å². The van der Waals surface area contributed by atoms with E-state index in [1.54, 1.807) is 24.3 Å².